The van der Waals surface area contributed by atoms with Crippen LogP contribution >= 0.6 is 0 Å². The van der Waals surface area contributed by atoms with E-state index in [1.54, 1.807) is 0 Å². The second-order valence-electron chi connectivity index (χ2n) is 6.87. The van der Waals surface area contributed by atoms with Gasteiger partial charge in [-0.25, -0.2) is 0 Å². The zero-order valence-electron chi connectivity index (χ0n) is 13.2. The summed E-state index contributed by atoms with van der Waals surface area (Å²) in [5.41, 5.74) is 4.75. The molecule has 1 aliphatic rings. The molecule has 0 spiro atoms. The fourth-order valence-corrected chi connectivity index (χ4v) is 3.64. The molecule has 2 atom stereocenters. The van der Waals surface area contributed by atoms with Crippen LogP contribution in [0.5, 0.6) is 0 Å². The van der Waals surface area contributed by atoms with Crippen LogP contribution in [0.3, 0.4) is 0 Å². The normalized spacial score (nSPS) is 23.5. The van der Waals surface area contributed by atoms with Crippen molar-refractivity contribution in [3.05, 3.63) is 34.9 Å². The Morgan fingerprint density at radius 1 is 1.26 bits per heavy atom. The van der Waals surface area contributed by atoms with Gasteiger partial charge in [0, 0.05) is 6.04 Å². The highest BCUT2D eigenvalue weighted by atomic mass is 14.9. The van der Waals surface area contributed by atoms with Crippen molar-refractivity contribution in [2.75, 3.05) is 6.54 Å². The second kappa shape index (κ2) is 5.66. The molecule has 1 heteroatoms. The Labute approximate surface area is 118 Å². The van der Waals surface area contributed by atoms with Gasteiger partial charge in [0.25, 0.3) is 0 Å². The summed E-state index contributed by atoms with van der Waals surface area (Å²) in [5.74, 6) is 0.759. The first-order valence-electron chi connectivity index (χ1n) is 7.76. The Kier molecular flexibility index (Phi) is 4.35. The number of hydrogen-bond donors (Lipinski definition) is 1. The van der Waals surface area contributed by atoms with Crippen LogP contribution in [0.4, 0.5) is 0 Å². The molecule has 0 aliphatic heterocycles. The summed E-state index contributed by atoms with van der Waals surface area (Å²) in [4.78, 5) is 0. The van der Waals surface area contributed by atoms with Crippen molar-refractivity contribution in [3.63, 3.8) is 0 Å². The first kappa shape index (κ1) is 14.6. The van der Waals surface area contributed by atoms with Crippen molar-refractivity contribution in [2.45, 2.75) is 59.9 Å². The molecule has 1 aromatic carbocycles. The highest BCUT2D eigenvalue weighted by molar-refractivity contribution is 5.32. The van der Waals surface area contributed by atoms with Gasteiger partial charge in [-0.15, -0.1) is 0 Å². The summed E-state index contributed by atoms with van der Waals surface area (Å²) in [6.07, 6.45) is 4.10. The van der Waals surface area contributed by atoms with E-state index < -0.39 is 0 Å². The van der Waals surface area contributed by atoms with E-state index in [0.29, 0.717) is 11.5 Å². The van der Waals surface area contributed by atoms with Gasteiger partial charge >= 0.3 is 0 Å². The number of hydrogen-bond acceptors (Lipinski definition) is 1. The zero-order chi connectivity index (χ0) is 14.0. The Morgan fingerprint density at radius 3 is 2.53 bits per heavy atom. The lowest BCUT2D eigenvalue weighted by Gasteiger charge is -2.35. The molecule has 106 valence electrons. The molecule has 2 unspecified atom stereocenters. The molecule has 1 fully saturated rings. The first-order valence-corrected chi connectivity index (χ1v) is 7.76. The van der Waals surface area contributed by atoms with Crippen LogP contribution in [0.2, 0.25) is 0 Å². The van der Waals surface area contributed by atoms with E-state index >= 15 is 0 Å². The summed E-state index contributed by atoms with van der Waals surface area (Å²) in [6.45, 7) is 12.6. The molecule has 0 heterocycles. The number of benzene rings is 1. The van der Waals surface area contributed by atoms with Crippen LogP contribution in [0, 0.1) is 25.2 Å². The molecule has 0 amide bonds. The van der Waals surface area contributed by atoms with Crippen LogP contribution in [0.25, 0.3) is 0 Å². The summed E-state index contributed by atoms with van der Waals surface area (Å²) in [6, 6.07) is 7.50. The second-order valence-corrected chi connectivity index (χ2v) is 6.87. The molecule has 1 aliphatic carbocycles. The Balaban J connectivity index is 2.31. The Morgan fingerprint density at radius 2 is 2.00 bits per heavy atom. The van der Waals surface area contributed by atoms with E-state index in [4.69, 9.17) is 0 Å². The first-order chi connectivity index (χ1) is 8.95. The summed E-state index contributed by atoms with van der Waals surface area (Å²) in [5, 5.41) is 3.74. The quantitative estimate of drug-likeness (QED) is 0.820. The highest BCUT2D eigenvalue weighted by Crippen LogP contribution is 2.48. The monoisotopic (exact) mass is 259 g/mol. The van der Waals surface area contributed by atoms with Crippen molar-refractivity contribution in [1.82, 2.24) is 5.32 Å². The van der Waals surface area contributed by atoms with Gasteiger partial charge in [-0.2, -0.15) is 0 Å². The maximum atomic E-state index is 3.74. The third kappa shape index (κ3) is 3.02. The summed E-state index contributed by atoms with van der Waals surface area (Å²) < 4.78 is 0. The van der Waals surface area contributed by atoms with E-state index in [9.17, 15) is 0 Å². The maximum absolute atomic E-state index is 3.74. The van der Waals surface area contributed by atoms with Gasteiger partial charge in [0.15, 0.2) is 0 Å². The molecule has 0 aromatic heterocycles. The van der Waals surface area contributed by atoms with Crippen LogP contribution in [0.1, 0.15) is 62.8 Å². The predicted molar refractivity (Wildman–Crippen MR) is 83.5 cm³/mol. The molecule has 0 bridgehead atoms. The van der Waals surface area contributed by atoms with Crippen LogP contribution in [0.15, 0.2) is 18.2 Å². The van der Waals surface area contributed by atoms with E-state index in [1.165, 1.54) is 36.0 Å². The number of rotatable bonds is 4. The fraction of sp³-hybridized carbons (Fsp3) is 0.667. The van der Waals surface area contributed by atoms with Crippen LogP contribution in [-0.2, 0) is 0 Å². The predicted octanol–water partition coefficient (Wildman–Crippen LogP) is 4.78. The smallest absolute Gasteiger partial charge is 0.0353 e. The largest absolute Gasteiger partial charge is 0.310 e. The molecule has 1 aromatic rings. The molecule has 1 saturated carbocycles. The van der Waals surface area contributed by atoms with Crippen LogP contribution in [-0.4, -0.2) is 6.54 Å². The van der Waals surface area contributed by atoms with Crippen molar-refractivity contribution < 1.29 is 0 Å². The van der Waals surface area contributed by atoms with Crippen molar-refractivity contribution >= 4 is 0 Å². The molecule has 1 N–H and O–H groups in total. The molecular formula is C18H29N. The SMILES string of the molecule is CCNC(c1ccc(C)c(C)c1)C1CCCC1(C)C. The summed E-state index contributed by atoms with van der Waals surface area (Å²) >= 11 is 0. The van der Waals surface area contributed by atoms with E-state index in [1.807, 2.05) is 0 Å². The van der Waals surface area contributed by atoms with Gasteiger partial charge in [-0.3, -0.25) is 0 Å². The van der Waals surface area contributed by atoms with Crippen molar-refractivity contribution in [3.8, 4) is 0 Å². The molecule has 0 radical (unpaired) electrons. The molecular weight excluding hydrogens is 230 g/mol. The average Bonchev–Trinajstić information content (AvgIpc) is 2.70. The minimum absolute atomic E-state index is 0.464. The Hall–Kier alpha value is -0.820. The van der Waals surface area contributed by atoms with Gasteiger partial charge in [-0.05, 0) is 61.3 Å². The molecule has 1 nitrogen and oxygen atoms in total. The average molecular weight is 259 g/mol. The van der Waals surface area contributed by atoms with E-state index in [-0.39, 0.29) is 0 Å². The number of aryl methyl sites for hydroxylation is 2. The lowest BCUT2D eigenvalue weighted by molar-refractivity contribution is 0.199. The number of nitrogens with one attached hydrogen (secondary N) is 1. The topological polar surface area (TPSA) is 12.0 Å². The van der Waals surface area contributed by atoms with Crippen molar-refractivity contribution in [1.29, 1.82) is 0 Å². The standard InChI is InChI=1S/C18H29N/c1-6-19-17(16-8-7-11-18(16,4)5)15-10-9-13(2)14(3)12-15/h9-10,12,16-17,19H,6-8,11H2,1-5H3. The maximum Gasteiger partial charge on any atom is 0.0353 e. The highest BCUT2D eigenvalue weighted by Gasteiger charge is 2.39. The van der Waals surface area contributed by atoms with Crippen LogP contribution < -0.4 is 5.32 Å². The van der Waals surface area contributed by atoms with Crippen molar-refractivity contribution in [2.24, 2.45) is 11.3 Å². The third-order valence-electron chi connectivity index (χ3n) is 5.06. The van der Waals surface area contributed by atoms with Gasteiger partial charge in [0.1, 0.15) is 0 Å². The Bertz CT molecular complexity index is 433. The minimum atomic E-state index is 0.464. The lowest BCUT2D eigenvalue weighted by Crippen LogP contribution is -2.34. The van der Waals surface area contributed by atoms with E-state index in [0.717, 1.165) is 12.5 Å². The minimum Gasteiger partial charge on any atom is -0.310 e. The molecule has 19 heavy (non-hydrogen) atoms. The summed E-state index contributed by atoms with van der Waals surface area (Å²) in [7, 11) is 0. The lowest BCUT2D eigenvalue weighted by atomic mass is 9.75. The molecule has 2 rings (SSSR count). The fourth-order valence-electron chi connectivity index (χ4n) is 3.64. The van der Waals surface area contributed by atoms with Gasteiger partial charge < -0.3 is 5.32 Å². The van der Waals surface area contributed by atoms with Gasteiger partial charge in [-0.1, -0.05) is 45.4 Å². The van der Waals surface area contributed by atoms with E-state index in [2.05, 4.69) is 58.1 Å². The molecule has 0 saturated heterocycles. The van der Waals surface area contributed by atoms with Gasteiger partial charge in [0.05, 0.1) is 0 Å². The third-order valence-corrected chi connectivity index (χ3v) is 5.06. The van der Waals surface area contributed by atoms with Gasteiger partial charge in [0.2, 0.25) is 0 Å². The zero-order valence-corrected chi connectivity index (χ0v) is 13.2.